The summed E-state index contributed by atoms with van der Waals surface area (Å²) in [4.78, 5) is 18.8. The van der Waals surface area contributed by atoms with Crippen LogP contribution in [0.15, 0.2) is 29.3 Å². The van der Waals surface area contributed by atoms with Gasteiger partial charge < -0.3 is 20.3 Å². The summed E-state index contributed by atoms with van der Waals surface area (Å²) in [6.07, 6.45) is 1.35. The number of ether oxygens (including phenoxy) is 1. The molecule has 1 heterocycles. The van der Waals surface area contributed by atoms with Crippen molar-refractivity contribution in [1.29, 1.82) is 0 Å². The van der Waals surface area contributed by atoms with Crippen molar-refractivity contribution in [2.24, 2.45) is 4.99 Å². The number of benzene rings is 1. The van der Waals surface area contributed by atoms with E-state index in [2.05, 4.69) is 20.5 Å². The van der Waals surface area contributed by atoms with E-state index >= 15 is 0 Å². The second-order valence-corrected chi connectivity index (χ2v) is 8.49. The van der Waals surface area contributed by atoms with E-state index in [-0.39, 0.29) is 53.9 Å². The fourth-order valence-corrected chi connectivity index (χ4v) is 3.57. The van der Waals surface area contributed by atoms with E-state index in [1.807, 2.05) is 39.8 Å². The number of halogens is 2. The molecule has 8 heteroatoms. The average molecular weight is 518 g/mol. The number of guanidine groups is 1. The molecular formula is C21H32FIN4O2. The molecule has 162 valence electrons. The lowest BCUT2D eigenvalue weighted by molar-refractivity contribution is 0.0507. The molecule has 29 heavy (non-hydrogen) atoms. The maximum atomic E-state index is 14.0. The van der Waals surface area contributed by atoms with Crippen LogP contribution in [0.3, 0.4) is 0 Å². The van der Waals surface area contributed by atoms with E-state index in [1.54, 1.807) is 6.07 Å². The number of carbonyl (C=O) groups excluding carboxylic acids is 1. The summed E-state index contributed by atoms with van der Waals surface area (Å²) in [7, 11) is 0. The van der Waals surface area contributed by atoms with Gasteiger partial charge in [-0.3, -0.25) is 4.99 Å². The summed E-state index contributed by atoms with van der Waals surface area (Å²) in [6.45, 7) is 9.71. The van der Waals surface area contributed by atoms with E-state index in [9.17, 15) is 9.18 Å². The first kappa shape index (κ1) is 23.7. The summed E-state index contributed by atoms with van der Waals surface area (Å²) in [5.74, 6) is 0.870. The first-order chi connectivity index (χ1) is 13.3. The number of amides is 1. The number of alkyl carbamates (subject to hydrolysis) is 1. The van der Waals surface area contributed by atoms with Crippen LogP contribution in [0.4, 0.5) is 9.18 Å². The van der Waals surface area contributed by atoms with E-state index in [0.29, 0.717) is 13.1 Å². The van der Waals surface area contributed by atoms with Crippen LogP contribution in [0.25, 0.3) is 0 Å². The Morgan fingerprint density at radius 2 is 2.03 bits per heavy atom. The highest BCUT2D eigenvalue weighted by Gasteiger charge is 2.41. The number of nitrogens with one attached hydrogen (secondary N) is 2. The van der Waals surface area contributed by atoms with Crippen LogP contribution in [-0.2, 0) is 4.74 Å². The maximum Gasteiger partial charge on any atom is 0.407 e. The zero-order valence-electron chi connectivity index (χ0n) is 17.6. The van der Waals surface area contributed by atoms with Crippen LogP contribution in [-0.4, -0.2) is 54.3 Å². The maximum absolute atomic E-state index is 14.0. The Labute approximate surface area is 189 Å². The molecule has 3 unspecified atom stereocenters. The molecule has 1 aromatic carbocycles. The summed E-state index contributed by atoms with van der Waals surface area (Å²) < 4.78 is 19.4. The lowest BCUT2D eigenvalue weighted by atomic mass is 10.1. The van der Waals surface area contributed by atoms with Crippen LogP contribution >= 0.6 is 24.0 Å². The first-order valence-electron chi connectivity index (χ1n) is 10.1. The molecule has 1 amide bonds. The topological polar surface area (TPSA) is 66.0 Å². The Kier molecular flexibility index (Phi) is 8.13. The van der Waals surface area contributed by atoms with Crippen LogP contribution in [0.2, 0.25) is 0 Å². The smallest absolute Gasteiger partial charge is 0.407 e. The minimum absolute atomic E-state index is 0. The minimum Gasteiger partial charge on any atom is -0.444 e. The van der Waals surface area contributed by atoms with Gasteiger partial charge in [0.05, 0.1) is 6.04 Å². The fourth-order valence-electron chi connectivity index (χ4n) is 3.57. The zero-order chi connectivity index (χ0) is 20.3. The molecule has 1 saturated carbocycles. The summed E-state index contributed by atoms with van der Waals surface area (Å²) in [5, 5.41) is 6.43. The molecule has 1 aliphatic carbocycles. The van der Waals surface area contributed by atoms with Crippen LogP contribution < -0.4 is 10.6 Å². The van der Waals surface area contributed by atoms with Gasteiger partial charge in [-0.05, 0) is 52.2 Å². The number of hydrogen-bond acceptors (Lipinski definition) is 3. The van der Waals surface area contributed by atoms with Crippen molar-refractivity contribution in [3.8, 4) is 0 Å². The number of hydrogen-bond donors (Lipinski definition) is 2. The van der Waals surface area contributed by atoms with Gasteiger partial charge in [0.2, 0.25) is 0 Å². The molecule has 2 fully saturated rings. The highest BCUT2D eigenvalue weighted by atomic mass is 127. The summed E-state index contributed by atoms with van der Waals surface area (Å²) in [6, 6.07) is 7.19. The van der Waals surface area contributed by atoms with Crippen LogP contribution in [0.1, 0.15) is 52.0 Å². The number of nitrogens with zero attached hydrogens (tertiary/aromatic N) is 2. The Bertz CT molecular complexity index is 738. The molecule has 3 rings (SSSR count). The fraction of sp³-hybridized carbons (Fsp3) is 0.619. The Balaban J connectivity index is 0.00000300. The molecule has 2 N–H and O–H groups in total. The van der Waals surface area contributed by atoms with E-state index in [1.165, 1.54) is 6.07 Å². The van der Waals surface area contributed by atoms with Gasteiger partial charge in [0.25, 0.3) is 0 Å². The normalized spacial score (nSPS) is 24.0. The van der Waals surface area contributed by atoms with E-state index in [0.717, 1.165) is 30.9 Å². The summed E-state index contributed by atoms with van der Waals surface area (Å²) in [5.41, 5.74) is 0.258. The van der Waals surface area contributed by atoms with Crippen molar-refractivity contribution >= 4 is 36.0 Å². The Morgan fingerprint density at radius 3 is 2.69 bits per heavy atom. The zero-order valence-corrected chi connectivity index (χ0v) is 19.9. The Morgan fingerprint density at radius 1 is 1.31 bits per heavy atom. The molecular weight excluding hydrogens is 486 g/mol. The molecule has 2 aliphatic rings. The third-order valence-corrected chi connectivity index (χ3v) is 4.93. The quantitative estimate of drug-likeness (QED) is 0.361. The molecule has 6 nitrogen and oxygen atoms in total. The van der Waals surface area contributed by atoms with Gasteiger partial charge in [0, 0.05) is 31.6 Å². The van der Waals surface area contributed by atoms with Crippen LogP contribution in [0.5, 0.6) is 0 Å². The van der Waals surface area contributed by atoms with Gasteiger partial charge in [-0.25, -0.2) is 9.18 Å². The monoisotopic (exact) mass is 518 g/mol. The van der Waals surface area contributed by atoms with Gasteiger partial charge in [-0.1, -0.05) is 18.2 Å². The first-order valence-corrected chi connectivity index (χ1v) is 10.1. The molecule has 0 spiro atoms. The predicted octanol–water partition coefficient (Wildman–Crippen LogP) is 3.86. The van der Waals surface area contributed by atoms with Crippen LogP contribution in [0, 0.1) is 5.82 Å². The van der Waals surface area contributed by atoms with E-state index < -0.39 is 5.60 Å². The Hall–Kier alpha value is -1.58. The molecule has 1 aliphatic heterocycles. The highest BCUT2D eigenvalue weighted by Crippen LogP contribution is 2.42. The summed E-state index contributed by atoms with van der Waals surface area (Å²) >= 11 is 0. The second kappa shape index (κ2) is 9.95. The lowest BCUT2D eigenvalue weighted by Crippen LogP contribution is -2.45. The largest absolute Gasteiger partial charge is 0.444 e. The van der Waals surface area contributed by atoms with E-state index in [4.69, 9.17) is 4.74 Å². The number of rotatable bonds is 4. The lowest BCUT2D eigenvalue weighted by Gasteiger charge is -2.24. The number of carbonyl (C=O) groups is 1. The molecule has 1 aromatic rings. The van der Waals surface area contributed by atoms with Crippen molar-refractivity contribution in [3.05, 3.63) is 35.6 Å². The minimum atomic E-state index is -0.507. The van der Waals surface area contributed by atoms with Gasteiger partial charge in [-0.2, -0.15) is 0 Å². The van der Waals surface area contributed by atoms with Crippen molar-refractivity contribution in [2.75, 3.05) is 19.6 Å². The molecule has 3 atom stereocenters. The standard InChI is InChI=1S/C21H31FN4O2.HI/c1-5-23-19(25-18-12-16(18)15-8-6-7-9-17(15)22)26-11-10-14(13-26)24-20(27)28-21(2,3)4;/h6-9,14,16,18H,5,10-13H2,1-4H3,(H,23,25)(H,24,27);1H. The average Bonchev–Trinajstić information content (AvgIpc) is 3.20. The van der Waals surface area contributed by atoms with Crippen molar-refractivity contribution in [1.82, 2.24) is 15.5 Å². The predicted molar refractivity (Wildman–Crippen MR) is 123 cm³/mol. The molecule has 0 aromatic heterocycles. The number of likely N-dealkylation sites (tertiary alicyclic amines) is 1. The van der Waals surface area contributed by atoms with Gasteiger partial charge in [-0.15, -0.1) is 24.0 Å². The van der Waals surface area contributed by atoms with Crippen molar-refractivity contribution < 1.29 is 13.9 Å². The third kappa shape index (κ3) is 6.72. The van der Waals surface area contributed by atoms with Gasteiger partial charge in [0.1, 0.15) is 11.4 Å². The van der Waals surface area contributed by atoms with Crippen molar-refractivity contribution in [2.45, 2.75) is 64.1 Å². The second-order valence-electron chi connectivity index (χ2n) is 8.49. The third-order valence-electron chi connectivity index (χ3n) is 4.93. The SMILES string of the molecule is CCN=C(NC1CC1c1ccccc1F)N1CCC(NC(=O)OC(C)(C)C)C1.I. The molecule has 0 bridgehead atoms. The number of aliphatic imine (C=N–C) groups is 1. The van der Waals surface area contributed by atoms with Crippen molar-refractivity contribution in [3.63, 3.8) is 0 Å². The highest BCUT2D eigenvalue weighted by molar-refractivity contribution is 14.0. The van der Waals surface area contributed by atoms with Gasteiger partial charge >= 0.3 is 6.09 Å². The molecule has 1 saturated heterocycles. The van der Waals surface area contributed by atoms with Gasteiger partial charge in [0.15, 0.2) is 5.96 Å². The molecule has 0 radical (unpaired) electrons.